The summed E-state index contributed by atoms with van der Waals surface area (Å²) in [5.74, 6) is 0. The molecule has 0 aromatic carbocycles. The van der Waals surface area contributed by atoms with Crippen molar-refractivity contribution in [3.63, 3.8) is 0 Å². The second-order valence-corrected chi connectivity index (χ2v) is 11.2. The molecule has 2 nitrogen and oxygen atoms in total. The van der Waals surface area contributed by atoms with Gasteiger partial charge >= 0.3 is 0 Å². The quantitative estimate of drug-likeness (QED) is 0.751. The minimum absolute atomic E-state index is 0.331. The number of nitrogens with one attached hydrogen (secondary N) is 1. The molecule has 0 radical (unpaired) electrons. The van der Waals surface area contributed by atoms with Crippen LogP contribution in [0.25, 0.3) is 0 Å². The van der Waals surface area contributed by atoms with Gasteiger partial charge < -0.3 is 9.74 Å². The van der Waals surface area contributed by atoms with Crippen LogP contribution in [0.2, 0.25) is 18.1 Å². The van der Waals surface area contributed by atoms with Crippen molar-refractivity contribution >= 4 is 8.32 Å². The second kappa shape index (κ2) is 4.56. The van der Waals surface area contributed by atoms with E-state index in [0.29, 0.717) is 17.1 Å². The van der Waals surface area contributed by atoms with Crippen LogP contribution in [-0.4, -0.2) is 27.0 Å². The molecule has 1 N–H and O–H groups in total. The summed E-state index contributed by atoms with van der Waals surface area (Å²) in [6.45, 7) is 14.7. The molecule has 1 aliphatic rings. The first-order chi connectivity index (χ1) is 6.72. The van der Waals surface area contributed by atoms with Crippen molar-refractivity contribution in [3.05, 3.63) is 0 Å². The first-order valence-electron chi connectivity index (χ1n) is 6.12. The van der Waals surface area contributed by atoms with E-state index in [1.807, 2.05) is 0 Å². The average Bonchev–Trinajstić information content (AvgIpc) is 2.46. The molecule has 0 aromatic heterocycles. The predicted molar refractivity (Wildman–Crippen MR) is 68.8 cm³/mol. The minimum Gasteiger partial charge on any atom is -0.415 e. The third-order valence-electron chi connectivity index (χ3n) is 3.92. The van der Waals surface area contributed by atoms with Crippen LogP contribution in [0, 0.1) is 0 Å². The summed E-state index contributed by atoms with van der Waals surface area (Å²) in [7, 11) is -1.53. The van der Waals surface area contributed by atoms with Crippen molar-refractivity contribution in [1.82, 2.24) is 5.32 Å². The Bertz CT molecular complexity index is 210. The fourth-order valence-corrected chi connectivity index (χ4v) is 2.73. The van der Waals surface area contributed by atoms with Crippen molar-refractivity contribution in [3.8, 4) is 0 Å². The Kier molecular flexibility index (Phi) is 4.01. The van der Waals surface area contributed by atoms with Crippen LogP contribution in [0.1, 0.15) is 40.5 Å². The molecular formula is C12H27NOSi. The van der Waals surface area contributed by atoms with E-state index in [9.17, 15) is 0 Å². The van der Waals surface area contributed by atoms with Gasteiger partial charge in [0.15, 0.2) is 8.32 Å². The molecule has 0 aliphatic carbocycles. The Balaban J connectivity index is 2.36. The fourth-order valence-electron chi connectivity index (χ4n) is 1.68. The molecule has 2 atom stereocenters. The topological polar surface area (TPSA) is 21.3 Å². The lowest BCUT2D eigenvalue weighted by molar-refractivity contribution is 0.251. The first-order valence-corrected chi connectivity index (χ1v) is 9.03. The Morgan fingerprint density at radius 2 is 1.87 bits per heavy atom. The van der Waals surface area contributed by atoms with Crippen LogP contribution in [0.4, 0.5) is 0 Å². The van der Waals surface area contributed by atoms with Crippen LogP contribution in [0.15, 0.2) is 0 Å². The highest BCUT2D eigenvalue weighted by Crippen LogP contribution is 2.36. The molecule has 0 aromatic rings. The molecule has 1 heterocycles. The van der Waals surface area contributed by atoms with Crippen LogP contribution >= 0.6 is 0 Å². The maximum atomic E-state index is 6.20. The summed E-state index contributed by atoms with van der Waals surface area (Å²) in [6.07, 6.45) is 2.57. The fraction of sp³-hybridized carbons (Fsp3) is 1.00. The summed E-state index contributed by atoms with van der Waals surface area (Å²) in [5.41, 5.74) is 0. The van der Waals surface area contributed by atoms with E-state index in [0.717, 1.165) is 6.61 Å². The molecule has 1 fully saturated rings. The minimum atomic E-state index is -1.53. The zero-order chi connectivity index (χ0) is 11.7. The Morgan fingerprint density at radius 1 is 1.27 bits per heavy atom. The summed E-state index contributed by atoms with van der Waals surface area (Å²) >= 11 is 0. The molecule has 15 heavy (non-hydrogen) atoms. The van der Waals surface area contributed by atoms with Gasteiger partial charge in [-0.15, -0.1) is 0 Å². The highest BCUT2D eigenvalue weighted by atomic mass is 28.4. The molecule has 0 spiro atoms. The van der Waals surface area contributed by atoms with Crippen molar-refractivity contribution in [2.45, 2.75) is 70.8 Å². The van der Waals surface area contributed by atoms with Gasteiger partial charge in [-0.2, -0.15) is 0 Å². The second-order valence-electron chi connectivity index (χ2n) is 6.41. The SMILES string of the molecule is C[C@H]1CC[C@@H](CO[Si](C)(C)C(C)(C)C)N1. The maximum absolute atomic E-state index is 6.20. The van der Waals surface area contributed by atoms with Gasteiger partial charge in [0.1, 0.15) is 0 Å². The van der Waals surface area contributed by atoms with E-state index in [-0.39, 0.29) is 0 Å². The van der Waals surface area contributed by atoms with E-state index in [1.54, 1.807) is 0 Å². The molecule has 0 amide bonds. The van der Waals surface area contributed by atoms with Crippen molar-refractivity contribution in [1.29, 1.82) is 0 Å². The van der Waals surface area contributed by atoms with E-state index in [2.05, 4.69) is 46.1 Å². The normalized spacial score (nSPS) is 28.4. The third-order valence-corrected chi connectivity index (χ3v) is 8.42. The lowest BCUT2D eigenvalue weighted by Crippen LogP contribution is -2.44. The Hall–Kier alpha value is 0.137. The van der Waals surface area contributed by atoms with E-state index in [4.69, 9.17) is 4.43 Å². The van der Waals surface area contributed by atoms with Gasteiger partial charge in [0.2, 0.25) is 0 Å². The van der Waals surface area contributed by atoms with E-state index >= 15 is 0 Å². The summed E-state index contributed by atoms with van der Waals surface area (Å²) < 4.78 is 6.20. The molecular weight excluding hydrogens is 202 g/mol. The highest BCUT2D eigenvalue weighted by molar-refractivity contribution is 6.74. The van der Waals surface area contributed by atoms with Gasteiger partial charge in [-0.1, -0.05) is 20.8 Å². The smallest absolute Gasteiger partial charge is 0.192 e. The van der Waals surface area contributed by atoms with Gasteiger partial charge in [-0.25, -0.2) is 0 Å². The van der Waals surface area contributed by atoms with Gasteiger partial charge in [0.25, 0.3) is 0 Å². The largest absolute Gasteiger partial charge is 0.415 e. The standard InChI is InChI=1S/C12H27NOSi/c1-10-7-8-11(13-10)9-14-15(5,6)12(2,3)4/h10-11,13H,7-9H2,1-6H3/t10-,11-/m0/s1. The van der Waals surface area contributed by atoms with Crippen LogP contribution in [-0.2, 0) is 4.43 Å². The molecule has 90 valence electrons. The van der Waals surface area contributed by atoms with Crippen LogP contribution in [0.5, 0.6) is 0 Å². The number of rotatable bonds is 3. The maximum Gasteiger partial charge on any atom is 0.192 e. The molecule has 0 unspecified atom stereocenters. The van der Waals surface area contributed by atoms with E-state index < -0.39 is 8.32 Å². The van der Waals surface area contributed by atoms with Gasteiger partial charge in [-0.05, 0) is 37.9 Å². The summed E-state index contributed by atoms with van der Waals surface area (Å²) in [6, 6.07) is 1.27. The molecule has 0 saturated carbocycles. The van der Waals surface area contributed by atoms with Crippen LogP contribution < -0.4 is 5.32 Å². The highest BCUT2D eigenvalue weighted by Gasteiger charge is 2.37. The molecule has 1 aliphatic heterocycles. The zero-order valence-electron chi connectivity index (χ0n) is 11.2. The summed E-state index contributed by atoms with van der Waals surface area (Å²) in [5, 5.41) is 3.91. The van der Waals surface area contributed by atoms with Gasteiger partial charge in [-0.3, -0.25) is 0 Å². The molecule has 1 rings (SSSR count). The predicted octanol–water partition coefficient (Wildman–Crippen LogP) is 3.15. The summed E-state index contributed by atoms with van der Waals surface area (Å²) in [4.78, 5) is 0. The molecule has 1 saturated heterocycles. The van der Waals surface area contributed by atoms with Crippen LogP contribution in [0.3, 0.4) is 0 Å². The van der Waals surface area contributed by atoms with Crippen molar-refractivity contribution in [2.24, 2.45) is 0 Å². The average molecular weight is 229 g/mol. The Morgan fingerprint density at radius 3 is 2.27 bits per heavy atom. The van der Waals surface area contributed by atoms with Gasteiger partial charge in [0, 0.05) is 18.7 Å². The molecule has 0 bridgehead atoms. The number of hydrogen-bond acceptors (Lipinski definition) is 2. The zero-order valence-corrected chi connectivity index (χ0v) is 12.2. The molecule has 3 heteroatoms. The van der Waals surface area contributed by atoms with Crippen molar-refractivity contribution < 1.29 is 4.43 Å². The van der Waals surface area contributed by atoms with E-state index in [1.165, 1.54) is 12.8 Å². The monoisotopic (exact) mass is 229 g/mol. The van der Waals surface area contributed by atoms with Crippen molar-refractivity contribution in [2.75, 3.05) is 6.61 Å². The third kappa shape index (κ3) is 3.57. The lowest BCUT2D eigenvalue weighted by Gasteiger charge is -2.37. The van der Waals surface area contributed by atoms with Gasteiger partial charge in [0.05, 0.1) is 0 Å². The Labute approximate surface area is 95.9 Å². The number of hydrogen-bond donors (Lipinski definition) is 1. The first kappa shape index (κ1) is 13.2. The lowest BCUT2D eigenvalue weighted by atomic mass is 10.2.